The number of fused-ring (bicyclic) bond motifs is 1. The van der Waals surface area contributed by atoms with E-state index in [-0.39, 0.29) is 5.41 Å². The minimum absolute atomic E-state index is 0.178. The molecule has 1 fully saturated rings. The first-order chi connectivity index (χ1) is 7.81. The highest BCUT2D eigenvalue weighted by molar-refractivity contribution is 7.15. The Kier molecular flexibility index (Phi) is 2.46. The molecule has 2 aromatic rings. The monoisotopic (exact) mass is 237 g/mol. The van der Waals surface area contributed by atoms with Crippen LogP contribution in [0.5, 0.6) is 0 Å². The number of hydrogen-bond acceptors (Lipinski definition) is 4. The Morgan fingerprint density at radius 3 is 3.12 bits per heavy atom. The molecule has 0 radical (unpaired) electrons. The summed E-state index contributed by atoms with van der Waals surface area (Å²) in [7, 11) is 0. The standard InChI is InChI=1S/C11H15N3OS/c15-8-11(1-2-11)7-12-5-9-6-14-3-4-16-10(14)13-9/h3-4,6,12,15H,1-2,5,7-8H2. The van der Waals surface area contributed by atoms with Gasteiger partial charge in [-0.1, -0.05) is 0 Å². The van der Waals surface area contributed by atoms with Crippen LogP contribution in [0, 0.1) is 5.41 Å². The van der Waals surface area contributed by atoms with Gasteiger partial charge in [0.2, 0.25) is 0 Å². The van der Waals surface area contributed by atoms with Crippen LogP contribution in [-0.2, 0) is 6.54 Å². The molecule has 16 heavy (non-hydrogen) atoms. The van der Waals surface area contributed by atoms with Crippen LogP contribution < -0.4 is 5.32 Å². The summed E-state index contributed by atoms with van der Waals surface area (Å²) in [6.45, 7) is 1.99. The van der Waals surface area contributed by atoms with E-state index < -0.39 is 0 Å². The first-order valence-corrected chi connectivity index (χ1v) is 6.42. The van der Waals surface area contributed by atoms with Gasteiger partial charge in [-0.2, -0.15) is 0 Å². The normalized spacial score (nSPS) is 18.1. The van der Waals surface area contributed by atoms with Gasteiger partial charge in [0, 0.05) is 42.9 Å². The van der Waals surface area contributed by atoms with Crippen LogP contribution in [-0.4, -0.2) is 27.6 Å². The molecule has 4 nitrogen and oxygen atoms in total. The van der Waals surface area contributed by atoms with Crippen LogP contribution in [0.2, 0.25) is 0 Å². The minimum Gasteiger partial charge on any atom is -0.396 e. The molecule has 86 valence electrons. The predicted molar refractivity (Wildman–Crippen MR) is 63.5 cm³/mol. The summed E-state index contributed by atoms with van der Waals surface area (Å²) in [6, 6.07) is 0. The van der Waals surface area contributed by atoms with Gasteiger partial charge in [-0.25, -0.2) is 4.98 Å². The molecule has 0 saturated heterocycles. The molecule has 0 aliphatic heterocycles. The third-order valence-electron chi connectivity index (χ3n) is 3.24. The fourth-order valence-electron chi connectivity index (χ4n) is 1.88. The summed E-state index contributed by atoms with van der Waals surface area (Å²) in [6.07, 6.45) is 6.37. The highest BCUT2D eigenvalue weighted by Crippen LogP contribution is 2.44. The molecule has 0 unspecified atom stereocenters. The van der Waals surface area contributed by atoms with E-state index in [1.807, 2.05) is 16.0 Å². The van der Waals surface area contributed by atoms with Crippen LogP contribution >= 0.6 is 11.3 Å². The van der Waals surface area contributed by atoms with Crippen molar-refractivity contribution < 1.29 is 5.11 Å². The Balaban J connectivity index is 1.57. The quantitative estimate of drug-likeness (QED) is 0.823. The van der Waals surface area contributed by atoms with Gasteiger partial charge in [0.15, 0.2) is 4.96 Å². The molecule has 0 spiro atoms. The zero-order chi connectivity index (χ0) is 11.0. The van der Waals surface area contributed by atoms with E-state index in [4.69, 9.17) is 0 Å². The van der Waals surface area contributed by atoms with Gasteiger partial charge >= 0.3 is 0 Å². The third kappa shape index (κ3) is 1.86. The fourth-order valence-corrected chi connectivity index (χ4v) is 2.60. The average Bonchev–Trinajstić information content (AvgIpc) is 2.74. The highest BCUT2D eigenvalue weighted by atomic mass is 32.1. The third-order valence-corrected chi connectivity index (χ3v) is 4.01. The smallest absolute Gasteiger partial charge is 0.193 e. The van der Waals surface area contributed by atoms with Gasteiger partial charge in [-0.05, 0) is 12.8 Å². The Hall–Kier alpha value is -0.910. The van der Waals surface area contributed by atoms with Crippen molar-refractivity contribution in [3.8, 4) is 0 Å². The van der Waals surface area contributed by atoms with Gasteiger partial charge in [-0.3, -0.25) is 4.40 Å². The Morgan fingerprint density at radius 2 is 2.44 bits per heavy atom. The van der Waals surface area contributed by atoms with Gasteiger partial charge in [0.25, 0.3) is 0 Å². The molecule has 0 aromatic carbocycles. The summed E-state index contributed by atoms with van der Waals surface area (Å²) in [4.78, 5) is 5.54. The lowest BCUT2D eigenvalue weighted by atomic mass is 10.1. The predicted octanol–water partition coefficient (Wildman–Crippen LogP) is 1.26. The maximum Gasteiger partial charge on any atom is 0.193 e. The first kappa shape index (κ1) is 10.3. The molecule has 2 aromatic heterocycles. The van der Waals surface area contributed by atoms with Crippen molar-refractivity contribution in [1.29, 1.82) is 0 Å². The molecular formula is C11H15N3OS. The van der Waals surface area contributed by atoms with Gasteiger partial charge in [0.05, 0.1) is 5.69 Å². The number of rotatable bonds is 5. The summed E-state index contributed by atoms with van der Waals surface area (Å²) >= 11 is 1.65. The van der Waals surface area contributed by atoms with Gasteiger partial charge in [0.1, 0.15) is 0 Å². The van der Waals surface area contributed by atoms with Crippen LogP contribution in [0.15, 0.2) is 17.8 Å². The number of nitrogens with one attached hydrogen (secondary N) is 1. The van der Waals surface area contributed by atoms with Crippen LogP contribution in [0.4, 0.5) is 0 Å². The van der Waals surface area contributed by atoms with Gasteiger partial charge < -0.3 is 10.4 Å². The maximum absolute atomic E-state index is 9.18. The number of aliphatic hydroxyl groups is 1. The molecule has 1 saturated carbocycles. The second-order valence-electron chi connectivity index (χ2n) is 4.59. The van der Waals surface area contributed by atoms with E-state index in [1.165, 1.54) is 0 Å². The van der Waals surface area contributed by atoms with Crippen LogP contribution in [0.25, 0.3) is 4.96 Å². The SMILES string of the molecule is OCC1(CNCc2cn3ccsc3n2)CC1. The molecule has 1 aliphatic rings. The molecule has 1 aliphatic carbocycles. The fraction of sp³-hybridized carbons (Fsp3) is 0.545. The van der Waals surface area contributed by atoms with Crippen molar-refractivity contribution in [3.63, 3.8) is 0 Å². The van der Waals surface area contributed by atoms with Crippen molar-refractivity contribution >= 4 is 16.3 Å². The second kappa shape index (κ2) is 3.84. The summed E-state index contributed by atoms with van der Waals surface area (Å²) < 4.78 is 2.04. The number of aromatic nitrogens is 2. The number of nitrogens with zero attached hydrogens (tertiary/aromatic N) is 2. The summed E-state index contributed by atoms with van der Waals surface area (Å²) in [5.41, 5.74) is 1.25. The van der Waals surface area contributed by atoms with Crippen LogP contribution in [0.3, 0.4) is 0 Å². The molecule has 2 heterocycles. The zero-order valence-corrected chi connectivity index (χ0v) is 9.83. The molecule has 0 atom stereocenters. The van der Waals surface area contributed by atoms with Crippen LogP contribution in [0.1, 0.15) is 18.5 Å². The van der Waals surface area contributed by atoms with E-state index in [9.17, 15) is 5.11 Å². The summed E-state index contributed by atoms with van der Waals surface area (Å²) in [5, 5.41) is 14.6. The van der Waals surface area contributed by atoms with E-state index >= 15 is 0 Å². The van der Waals surface area contributed by atoms with E-state index in [0.717, 1.165) is 36.6 Å². The molecular weight excluding hydrogens is 222 g/mol. The average molecular weight is 237 g/mol. The van der Waals surface area contributed by atoms with Crippen molar-refractivity contribution in [2.45, 2.75) is 19.4 Å². The molecule has 5 heteroatoms. The van der Waals surface area contributed by atoms with Crippen molar-refractivity contribution in [1.82, 2.24) is 14.7 Å². The van der Waals surface area contributed by atoms with Crippen molar-refractivity contribution in [2.24, 2.45) is 5.41 Å². The van der Waals surface area contributed by atoms with E-state index in [1.54, 1.807) is 11.3 Å². The highest BCUT2D eigenvalue weighted by Gasteiger charge is 2.41. The Labute approximate surface area is 97.9 Å². The lowest BCUT2D eigenvalue weighted by Crippen LogP contribution is -2.26. The second-order valence-corrected chi connectivity index (χ2v) is 5.46. The number of hydrogen-bond donors (Lipinski definition) is 2. The van der Waals surface area contributed by atoms with E-state index in [2.05, 4.69) is 16.5 Å². The minimum atomic E-state index is 0.178. The molecule has 2 N–H and O–H groups in total. The zero-order valence-electron chi connectivity index (χ0n) is 9.02. The Bertz CT molecular complexity index is 458. The molecule has 3 rings (SSSR count). The summed E-state index contributed by atoms with van der Waals surface area (Å²) in [5.74, 6) is 0. The molecule has 0 amide bonds. The maximum atomic E-state index is 9.18. The van der Waals surface area contributed by atoms with Gasteiger partial charge in [-0.15, -0.1) is 11.3 Å². The largest absolute Gasteiger partial charge is 0.396 e. The van der Waals surface area contributed by atoms with Crippen molar-refractivity contribution in [3.05, 3.63) is 23.5 Å². The number of imidazole rings is 1. The number of aliphatic hydroxyl groups excluding tert-OH is 1. The Morgan fingerprint density at radius 1 is 1.56 bits per heavy atom. The topological polar surface area (TPSA) is 49.6 Å². The number of thiazole rings is 1. The van der Waals surface area contributed by atoms with Crippen molar-refractivity contribution in [2.75, 3.05) is 13.2 Å². The lowest BCUT2D eigenvalue weighted by molar-refractivity contribution is 0.207. The lowest BCUT2D eigenvalue weighted by Gasteiger charge is -2.11. The first-order valence-electron chi connectivity index (χ1n) is 5.54. The molecule has 0 bridgehead atoms. The van der Waals surface area contributed by atoms with E-state index in [0.29, 0.717) is 6.61 Å².